The molecule has 2 fully saturated rings. The number of aliphatic hydroxyl groups is 5. The molecule has 2 heterocycles. The SMILES string of the molecule is CC(C)/C=C/[C@@H](C[C@@H]1O[C@](O)(C[C@@H](O)C(C)C)C[C@H](O)[C@H]1C(=O)N[C@H](CCCN=C(N)N)C(=O)ON)OC1OC(C)C(O)C(N)C1O. The number of nitrogens with zero attached hydrogens (tertiary/aromatic N) is 1. The van der Waals surface area contributed by atoms with Gasteiger partial charge in [-0.2, -0.15) is 5.90 Å². The summed E-state index contributed by atoms with van der Waals surface area (Å²) in [7, 11) is 0. The summed E-state index contributed by atoms with van der Waals surface area (Å²) in [6.07, 6.45) is -6.33. The number of nitrogens with one attached hydrogen (secondary N) is 1. The number of ether oxygens (including phenoxy) is 3. The van der Waals surface area contributed by atoms with Crippen LogP contribution in [0.5, 0.6) is 0 Å². The molecule has 2 rings (SSSR count). The number of allylic oxidation sites excluding steroid dienone is 1. The number of nitrogens with two attached hydrogens (primary N) is 4. The summed E-state index contributed by atoms with van der Waals surface area (Å²) in [4.78, 5) is 34.5. The lowest BCUT2D eigenvalue weighted by molar-refractivity contribution is -0.307. The maximum Gasteiger partial charge on any atom is 0.347 e. The monoisotopic (exact) mass is 676 g/mol. The first-order valence-electron chi connectivity index (χ1n) is 16.0. The Labute approximate surface area is 275 Å². The zero-order valence-corrected chi connectivity index (χ0v) is 27.8. The summed E-state index contributed by atoms with van der Waals surface area (Å²) in [6, 6.07) is -2.30. The minimum Gasteiger partial charge on any atom is -0.393 e. The van der Waals surface area contributed by atoms with E-state index in [1.165, 1.54) is 0 Å². The van der Waals surface area contributed by atoms with Crippen LogP contribution in [0.25, 0.3) is 0 Å². The van der Waals surface area contributed by atoms with Gasteiger partial charge < -0.3 is 67.1 Å². The molecular weight excluding hydrogens is 620 g/mol. The van der Waals surface area contributed by atoms with Crippen molar-refractivity contribution >= 4 is 17.8 Å². The lowest BCUT2D eigenvalue weighted by Crippen LogP contribution is -2.62. The van der Waals surface area contributed by atoms with Crippen LogP contribution in [0.15, 0.2) is 17.1 Å². The van der Waals surface area contributed by atoms with Gasteiger partial charge in [0.2, 0.25) is 5.91 Å². The van der Waals surface area contributed by atoms with E-state index in [0.29, 0.717) is 0 Å². The van der Waals surface area contributed by atoms with Crippen LogP contribution in [0.2, 0.25) is 0 Å². The minimum absolute atomic E-state index is 0.0431. The van der Waals surface area contributed by atoms with Gasteiger partial charge in [0.1, 0.15) is 12.1 Å². The Balaban J connectivity index is 2.43. The number of aliphatic hydroxyl groups excluding tert-OH is 4. The van der Waals surface area contributed by atoms with E-state index in [1.54, 1.807) is 26.8 Å². The van der Waals surface area contributed by atoms with Crippen LogP contribution in [0.3, 0.4) is 0 Å². The molecule has 0 radical (unpaired) electrons. The quantitative estimate of drug-likeness (QED) is 0.0268. The Morgan fingerprint density at radius 2 is 1.79 bits per heavy atom. The summed E-state index contributed by atoms with van der Waals surface area (Å²) in [5.74, 6) is -0.360. The van der Waals surface area contributed by atoms with E-state index < -0.39 is 91.1 Å². The summed E-state index contributed by atoms with van der Waals surface area (Å²) < 4.78 is 17.9. The Hall–Kier alpha value is -2.45. The minimum atomic E-state index is -2.03. The van der Waals surface area contributed by atoms with Gasteiger partial charge in [0.15, 0.2) is 18.0 Å². The molecule has 1 amide bonds. The predicted molar refractivity (Wildman–Crippen MR) is 169 cm³/mol. The first-order valence-corrected chi connectivity index (χ1v) is 16.0. The summed E-state index contributed by atoms with van der Waals surface area (Å²) in [6.45, 7) is 9.08. The Bertz CT molecular complexity index is 1060. The van der Waals surface area contributed by atoms with E-state index in [0.717, 1.165) is 0 Å². The van der Waals surface area contributed by atoms with E-state index in [1.807, 2.05) is 19.9 Å². The van der Waals surface area contributed by atoms with Crippen LogP contribution in [0.4, 0.5) is 0 Å². The number of aliphatic imine (C=N–C) groups is 1. The van der Waals surface area contributed by atoms with Gasteiger partial charge in [0.25, 0.3) is 0 Å². The number of rotatable bonds is 16. The number of guanidine groups is 1. The van der Waals surface area contributed by atoms with Crippen molar-refractivity contribution < 1.29 is 54.2 Å². The van der Waals surface area contributed by atoms with Crippen LogP contribution < -0.4 is 28.4 Å². The van der Waals surface area contributed by atoms with Crippen molar-refractivity contribution in [3.05, 3.63) is 12.2 Å². The maximum atomic E-state index is 13.8. The number of hydrogen-bond acceptors (Lipinski definition) is 14. The molecule has 0 aliphatic carbocycles. The molecule has 0 aromatic rings. The highest BCUT2D eigenvalue weighted by Crippen LogP contribution is 2.38. The van der Waals surface area contributed by atoms with Gasteiger partial charge in [0.05, 0.1) is 48.6 Å². The molecule has 2 aliphatic heterocycles. The molecular formula is C30H56N6O11. The fourth-order valence-corrected chi connectivity index (χ4v) is 5.55. The smallest absolute Gasteiger partial charge is 0.347 e. The van der Waals surface area contributed by atoms with E-state index in [2.05, 4.69) is 15.1 Å². The third kappa shape index (κ3) is 12.2. The summed E-state index contributed by atoms with van der Waals surface area (Å²) in [5.41, 5.74) is 16.7. The molecule has 0 aromatic carbocycles. The first-order chi connectivity index (χ1) is 21.9. The van der Waals surface area contributed by atoms with Gasteiger partial charge in [-0.25, -0.2) is 4.79 Å². The number of carbonyl (C=O) groups is 2. The van der Waals surface area contributed by atoms with Crippen LogP contribution >= 0.6 is 0 Å². The van der Waals surface area contributed by atoms with Crippen molar-refractivity contribution in [2.24, 2.45) is 45.8 Å². The molecule has 17 heteroatoms. The summed E-state index contributed by atoms with van der Waals surface area (Å²) in [5, 5.41) is 56.9. The average Bonchev–Trinajstić information content (AvgIpc) is 2.97. The molecule has 17 nitrogen and oxygen atoms in total. The van der Waals surface area contributed by atoms with E-state index in [4.69, 9.17) is 37.3 Å². The van der Waals surface area contributed by atoms with E-state index in [-0.39, 0.29) is 50.0 Å². The largest absolute Gasteiger partial charge is 0.393 e. The Morgan fingerprint density at radius 3 is 2.36 bits per heavy atom. The van der Waals surface area contributed by atoms with Gasteiger partial charge in [-0.05, 0) is 31.6 Å². The molecule has 0 aromatic heterocycles. The van der Waals surface area contributed by atoms with E-state index >= 15 is 0 Å². The number of carbonyl (C=O) groups excluding carboxylic acids is 2. The fraction of sp³-hybridized carbons (Fsp3) is 0.833. The molecule has 14 N–H and O–H groups in total. The van der Waals surface area contributed by atoms with Crippen LogP contribution in [-0.4, -0.2) is 117 Å². The zero-order chi connectivity index (χ0) is 35.6. The highest BCUT2D eigenvalue weighted by molar-refractivity contribution is 5.86. The van der Waals surface area contributed by atoms with Gasteiger partial charge >= 0.3 is 5.97 Å². The van der Waals surface area contributed by atoms with Gasteiger partial charge in [-0.3, -0.25) is 9.79 Å². The third-order valence-electron chi connectivity index (χ3n) is 8.36. The second-order valence-corrected chi connectivity index (χ2v) is 13.2. The molecule has 0 spiro atoms. The zero-order valence-electron chi connectivity index (χ0n) is 27.8. The van der Waals surface area contributed by atoms with Crippen molar-refractivity contribution in [2.75, 3.05) is 6.54 Å². The van der Waals surface area contributed by atoms with Crippen molar-refractivity contribution in [1.29, 1.82) is 0 Å². The van der Waals surface area contributed by atoms with Crippen molar-refractivity contribution in [2.45, 2.75) is 134 Å². The van der Waals surface area contributed by atoms with Crippen LogP contribution in [0.1, 0.15) is 66.7 Å². The van der Waals surface area contributed by atoms with Gasteiger partial charge in [-0.1, -0.05) is 39.8 Å². The normalized spacial score (nSPS) is 33.4. The lowest BCUT2D eigenvalue weighted by Gasteiger charge is -2.46. The van der Waals surface area contributed by atoms with E-state index in [9.17, 15) is 35.1 Å². The molecule has 5 unspecified atom stereocenters. The standard InChI is InChI=1S/C30H56N6O11/c1-14(2)8-9-17(45-28-25(40)23(31)24(39)16(5)44-28)11-21-22(20(38)13-30(43,46-21)12-19(37)15(3)4)26(41)36-18(27(42)47-34)7-6-10-35-29(32)33/h8-9,14-25,28,37-40,43H,6-7,10-13,31,34H2,1-5H3,(H,36,41)(H4,32,33,35)/b9-8+/t16?,17-,18+,19+,20-,21-,22+,23?,24?,25?,28?,30+/m0/s1. The summed E-state index contributed by atoms with van der Waals surface area (Å²) >= 11 is 0. The van der Waals surface area contributed by atoms with Gasteiger partial charge in [0, 0.05) is 25.8 Å². The first kappa shape index (κ1) is 40.7. The third-order valence-corrected chi connectivity index (χ3v) is 8.36. The second-order valence-electron chi connectivity index (χ2n) is 13.2. The Kier molecular flexibility index (Phi) is 15.9. The molecule has 2 aliphatic rings. The maximum absolute atomic E-state index is 13.8. The highest BCUT2D eigenvalue weighted by Gasteiger charge is 2.51. The van der Waals surface area contributed by atoms with Crippen LogP contribution in [0, 0.1) is 17.8 Å². The molecule has 0 saturated carbocycles. The number of hydrogen-bond donors (Lipinski definition) is 10. The second kappa shape index (κ2) is 18.4. The molecule has 47 heavy (non-hydrogen) atoms. The van der Waals surface area contributed by atoms with Crippen molar-refractivity contribution in [3.63, 3.8) is 0 Å². The Morgan fingerprint density at radius 1 is 1.13 bits per heavy atom. The van der Waals surface area contributed by atoms with Gasteiger partial charge in [-0.15, -0.1) is 0 Å². The number of amides is 1. The van der Waals surface area contributed by atoms with Crippen molar-refractivity contribution in [1.82, 2.24) is 5.32 Å². The molecule has 2 saturated heterocycles. The highest BCUT2D eigenvalue weighted by atomic mass is 16.7. The fourth-order valence-electron chi connectivity index (χ4n) is 5.55. The molecule has 272 valence electrons. The molecule has 12 atom stereocenters. The van der Waals surface area contributed by atoms with Crippen LogP contribution in [-0.2, 0) is 28.6 Å². The predicted octanol–water partition coefficient (Wildman–Crippen LogP) is -2.42. The molecule has 0 bridgehead atoms. The average molecular weight is 677 g/mol. The van der Waals surface area contributed by atoms with Crippen molar-refractivity contribution in [3.8, 4) is 0 Å². The lowest BCUT2D eigenvalue weighted by atomic mass is 9.81. The topological polar surface area (TPSA) is 301 Å².